The van der Waals surface area contributed by atoms with E-state index in [1.807, 2.05) is 0 Å². The molecule has 0 bridgehead atoms. The van der Waals surface area contributed by atoms with Crippen molar-refractivity contribution in [3.63, 3.8) is 0 Å². The topological polar surface area (TPSA) is 46.2 Å². The third-order valence-electron chi connectivity index (χ3n) is 1.08. The molecule has 0 aliphatic rings. The van der Waals surface area contributed by atoms with Crippen molar-refractivity contribution in [2.45, 2.75) is 0 Å². The second-order valence-corrected chi connectivity index (χ2v) is 5.59. The number of hydrogen-bond acceptors (Lipinski definition) is 2. The zero-order valence-corrected chi connectivity index (χ0v) is 9.52. The van der Waals surface area contributed by atoms with E-state index in [1.165, 1.54) is 0 Å². The Labute approximate surface area is 88.8 Å². The molecule has 0 amide bonds. The second-order valence-electron chi connectivity index (χ2n) is 2.05. The van der Waals surface area contributed by atoms with Crippen LogP contribution in [0.3, 0.4) is 0 Å². The van der Waals surface area contributed by atoms with Crippen LogP contribution in [0.15, 0.2) is 24.3 Å². The van der Waals surface area contributed by atoms with Crippen molar-refractivity contribution in [1.82, 2.24) is 0 Å². The van der Waals surface area contributed by atoms with E-state index in [1.54, 1.807) is 24.3 Å². The SMILES string of the molecule is O=S(=O)(Cl)Nc1ccc(I)cc1. The van der Waals surface area contributed by atoms with E-state index in [0.717, 1.165) is 3.57 Å². The molecule has 0 saturated carbocycles. The number of hydrogen-bond donors (Lipinski definition) is 1. The third-order valence-corrected chi connectivity index (χ3v) is 2.51. The van der Waals surface area contributed by atoms with Crippen LogP contribution in [0.4, 0.5) is 5.69 Å². The zero-order chi connectivity index (χ0) is 9.19. The molecule has 0 aromatic heterocycles. The van der Waals surface area contributed by atoms with Gasteiger partial charge in [0.2, 0.25) is 0 Å². The quantitative estimate of drug-likeness (QED) is 0.671. The van der Waals surface area contributed by atoms with Gasteiger partial charge in [-0.2, -0.15) is 8.42 Å². The fourth-order valence-corrected chi connectivity index (χ4v) is 1.70. The van der Waals surface area contributed by atoms with Gasteiger partial charge in [-0.3, -0.25) is 4.72 Å². The fraction of sp³-hybridized carbons (Fsp3) is 0. The summed E-state index contributed by atoms with van der Waals surface area (Å²) in [6.07, 6.45) is 0. The first-order chi connectivity index (χ1) is 5.47. The van der Waals surface area contributed by atoms with Gasteiger partial charge in [0.1, 0.15) is 0 Å². The van der Waals surface area contributed by atoms with Crippen LogP contribution in [0.5, 0.6) is 0 Å². The molecule has 0 spiro atoms. The van der Waals surface area contributed by atoms with Crippen molar-refractivity contribution < 1.29 is 8.42 Å². The summed E-state index contributed by atoms with van der Waals surface area (Å²) in [6.45, 7) is 0. The van der Waals surface area contributed by atoms with Crippen LogP contribution in [-0.2, 0) is 9.24 Å². The fourth-order valence-electron chi connectivity index (χ4n) is 0.659. The molecule has 0 radical (unpaired) electrons. The van der Waals surface area contributed by atoms with Crippen LogP contribution >= 0.6 is 33.3 Å². The smallest absolute Gasteiger partial charge is 0.271 e. The lowest BCUT2D eigenvalue weighted by Gasteiger charge is -2.00. The van der Waals surface area contributed by atoms with Crippen molar-refractivity contribution in [3.05, 3.63) is 27.8 Å². The Balaban J connectivity index is 2.85. The molecule has 0 atom stereocenters. The van der Waals surface area contributed by atoms with Gasteiger partial charge in [0.05, 0.1) is 0 Å². The summed E-state index contributed by atoms with van der Waals surface area (Å²) in [6, 6.07) is 6.85. The monoisotopic (exact) mass is 317 g/mol. The molecule has 3 nitrogen and oxygen atoms in total. The minimum absolute atomic E-state index is 0.463. The van der Waals surface area contributed by atoms with Gasteiger partial charge >= 0.3 is 9.24 Å². The molecule has 66 valence electrons. The Morgan fingerprint density at radius 1 is 1.25 bits per heavy atom. The van der Waals surface area contributed by atoms with Crippen LogP contribution in [0.1, 0.15) is 0 Å². The maximum Gasteiger partial charge on any atom is 0.319 e. The number of halogens is 2. The Hall–Kier alpha value is -0.0100. The molecule has 1 aromatic carbocycles. The summed E-state index contributed by atoms with van der Waals surface area (Å²) in [4.78, 5) is 0. The molecule has 1 N–H and O–H groups in total. The van der Waals surface area contributed by atoms with Crippen molar-refractivity contribution in [2.24, 2.45) is 0 Å². The standard InChI is InChI=1S/C6H5ClINO2S/c7-12(10,11)9-6-3-1-5(8)2-4-6/h1-4,9H. The average Bonchev–Trinajstić information content (AvgIpc) is 1.91. The Kier molecular flexibility index (Phi) is 3.19. The van der Waals surface area contributed by atoms with Crippen molar-refractivity contribution in [2.75, 3.05) is 4.72 Å². The Bertz CT molecular complexity index is 362. The van der Waals surface area contributed by atoms with Crippen molar-refractivity contribution in [3.8, 4) is 0 Å². The second kappa shape index (κ2) is 3.80. The van der Waals surface area contributed by atoms with Crippen LogP contribution in [0, 0.1) is 3.57 Å². The van der Waals surface area contributed by atoms with Gasteiger partial charge in [0.25, 0.3) is 0 Å². The molecule has 0 aliphatic heterocycles. The first-order valence-corrected chi connectivity index (χ1v) is 6.34. The van der Waals surface area contributed by atoms with E-state index < -0.39 is 9.24 Å². The molecule has 0 saturated heterocycles. The van der Waals surface area contributed by atoms with Gasteiger partial charge in [-0.1, -0.05) is 0 Å². The van der Waals surface area contributed by atoms with Gasteiger partial charge in [-0.05, 0) is 46.9 Å². The van der Waals surface area contributed by atoms with Crippen LogP contribution in [0.25, 0.3) is 0 Å². The molecule has 6 heteroatoms. The van der Waals surface area contributed by atoms with E-state index in [2.05, 4.69) is 27.3 Å². The number of rotatable bonds is 2. The van der Waals surface area contributed by atoms with Crippen molar-refractivity contribution >= 4 is 48.2 Å². The minimum atomic E-state index is -3.67. The molecular formula is C6H5ClINO2S. The highest BCUT2D eigenvalue weighted by Crippen LogP contribution is 2.13. The molecule has 0 fully saturated rings. The highest BCUT2D eigenvalue weighted by Gasteiger charge is 2.02. The van der Waals surface area contributed by atoms with Crippen LogP contribution < -0.4 is 4.72 Å². The highest BCUT2D eigenvalue weighted by atomic mass is 127. The molecule has 0 heterocycles. The van der Waals surface area contributed by atoms with Gasteiger partial charge in [0, 0.05) is 19.9 Å². The Morgan fingerprint density at radius 2 is 1.75 bits per heavy atom. The predicted molar refractivity (Wildman–Crippen MR) is 57.6 cm³/mol. The molecular weight excluding hydrogens is 312 g/mol. The van der Waals surface area contributed by atoms with Crippen LogP contribution in [0.2, 0.25) is 0 Å². The summed E-state index contributed by atoms with van der Waals surface area (Å²) in [7, 11) is 1.30. The summed E-state index contributed by atoms with van der Waals surface area (Å²) < 4.78 is 24.3. The van der Waals surface area contributed by atoms with E-state index >= 15 is 0 Å². The largest absolute Gasteiger partial charge is 0.319 e. The third kappa shape index (κ3) is 3.59. The highest BCUT2D eigenvalue weighted by molar-refractivity contribution is 14.1. The van der Waals surface area contributed by atoms with Crippen molar-refractivity contribution in [1.29, 1.82) is 0 Å². The zero-order valence-electron chi connectivity index (χ0n) is 5.79. The first kappa shape index (κ1) is 10.1. The lowest BCUT2D eigenvalue weighted by atomic mass is 10.3. The lowest BCUT2D eigenvalue weighted by molar-refractivity contribution is 0.614. The van der Waals surface area contributed by atoms with Gasteiger partial charge in [-0.25, -0.2) is 0 Å². The lowest BCUT2D eigenvalue weighted by Crippen LogP contribution is -2.03. The molecule has 1 rings (SSSR count). The van der Waals surface area contributed by atoms with Gasteiger partial charge in [0.15, 0.2) is 0 Å². The predicted octanol–water partition coefficient (Wildman–Crippen LogP) is 2.19. The van der Waals surface area contributed by atoms with E-state index in [0.29, 0.717) is 5.69 Å². The molecule has 1 aromatic rings. The molecule has 0 aliphatic carbocycles. The van der Waals surface area contributed by atoms with E-state index in [4.69, 9.17) is 10.7 Å². The number of anilines is 1. The molecule has 12 heavy (non-hydrogen) atoms. The van der Waals surface area contributed by atoms with E-state index in [9.17, 15) is 8.42 Å². The van der Waals surface area contributed by atoms with E-state index in [-0.39, 0.29) is 0 Å². The average molecular weight is 318 g/mol. The summed E-state index contributed by atoms with van der Waals surface area (Å²) in [5.41, 5.74) is 0.463. The summed E-state index contributed by atoms with van der Waals surface area (Å²) in [5.74, 6) is 0. The van der Waals surface area contributed by atoms with Crippen LogP contribution in [-0.4, -0.2) is 8.42 Å². The summed E-state index contributed by atoms with van der Waals surface area (Å²) in [5, 5.41) is 0. The normalized spacial score (nSPS) is 11.2. The number of benzene rings is 1. The van der Waals surface area contributed by atoms with Gasteiger partial charge in [-0.15, -0.1) is 0 Å². The maximum absolute atomic E-state index is 10.5. The minimum Gasteiger partial charge on any atom is -0.271 e. The number of nitrogens with one attached hydrogen (secondary N) is 1. The Morgan fingerprint density at radius 3 is 2.17 bits per heavy atom. The molecule has 0 unspecified atom stereocenters. The van der Waals surface area contributed by atoms with Gasteiger partial charge < -0.3 is 0 Å². The first-order valence-electron chi connectivity index (χ1n) is 2.95. The maximum atomic E-state index is 10.5. The summed E-state index contributed by atoms with van der Waals surface area (Å²) >= 11 is 2.12.